The molecule has 5 heteroatoms. The number of thioether (sulfide) groups is 1. The molecule has 0 radical (unpaired) electrons. The first kappa shape index (κ1) is 12.7. The maximum absolute atomic E-state index is 6.11. The number of aliphatic imine (C=N–C) groups is 1. The molecule has 1 atom stereocenters. The van der Waals surface area contributed by atoms with Crippen molar-refractivity contribution in [2.45, 2.75) is 12.2 Å². The Morgan fingerprint density at radius 3 is 3.06 bits per heavy atom. The molecule has 1 fully saturated rings. The summed E-state index contributed by atoms with van der Waals surface area (Å²) in [4.78, 5) is 4.38. The van der Waals surface area contributed by atoms with Gasteiger partial charge in [-0.05, 0) is 24.6 Å². The second-order valence-electron chi connectivity index (χ2n) is 3.93. The zero-order chi connectivity index (χ0) is 12.3. The molecule has 1 aliphatic heterocycles. The molecule has 1 heterocycles. The summed E-state index contributed by atoms with van der Waals surface area (Å²) in [7, 11) is 0. The molecule has 2 N–H and O–H groups in total. The van der Waals surface area contributed by atoms with E-state index in [4.69, 9.17) is 22.1 Å². The van der Waals surface area contributed by atoms with Crippen LogP contribution in [0.15, 0.2) is 23.2 Å². The molecule has 3 nitrogen and oxygen atoms in total. The molecule has 92 valence electrons. The SMILES string of the molecule is Cc1ccc(N=C(N)C2COCCS2)c(Cl)c1. The second-order valence-corrected chi connectivity index (χ2v) is 5.64. The van der Waals surface area contributed by atoms with Gasteiger partial charge in [0.1, 0.15) is 5.84 Å². The van der Waals surface area contributed by atoms with Crippen molar-refractivity contribution in [1.82, 2.24) is 0 Å². The van der Waals surface area contributed by atoms with E-state index in [2.05, 4.69) is 4.99 Å². The predicted molar refractivity (Wildman–Crippen MR) is 74.5 cm³/mol. The number of nitrogens with zero attached hydrogens (tertiary/aromatic N) is 1. The summed E-state index contributed by atoms with van der Waals surface area (Å²) in [5.74, 6) is 1.54. The second kappa shape index (κ2) is 5.76. The highest BCUT2D eigenvalue weighted by Crippen LogP contribution is 2.27. The number of hydrogen-bond acceptors (Lipinski definition) is 3. The van der Waals surface area contributed by atoms with Gasteiger partial charge >= 0.3 is 0 Å². The molecule has 1 aromatic carbocycles. The van der Waals surface area contributed by atoms with Gasteiger partial charge in [0.25, 0.3) is 0 Å². The van der Waals surface area contributed by atoms with Gasteiger partial charge in [0.05, 0.1) is 29.2 Å². The molecule has 0 saturated carbocycles. The van der Waals surface area contributed by atoms with Crippen LogP contribution in [0.25, 0.3) is 0 Å². The Kier molecular flexibility index (Phi) is 4.31. The van der Waals surface area contributed by atoms with Gasteiger partial charge in [-0.1, -0.05) is 17.7 Å². The Hall–Kier alpha value is -0.710. The number of hydrogen-bond donors (Lipinski definition) is 1. The summed E-state index contributed by atoms with van der Waals surface area (Å²) >= 11 is 7.89. The third-order valence-corrected chi connectivity index (χ3v) is 3.98. The largest absolute Gasteiger partial charge is 0.386 e. The summed E-state index contributed by atoms with van der Waals surface area (Å²) in [5.41, 5.74) is 7.81. The molecule has 0 bridgehead atoms. The first-order valence-electron chi connectivity index (χ1n) is 5.46. The third kappa shape index (κ3) is 3.37. The lowest BCUT2D eigenvalue weighted by atomic mass is 10.2. The van der Waals surface area contributed by atoms with Gasteiger partial charge in [-0.25, -0.2) is 4.99 Å². The smallest absolute Gasteiger partial charge is 0.115 e. The van der Waals surface area contributed by atoms with Gasteiger partial charge in [-0.15, -0.1) is 11.8 Å². The van der Waals surface area contributed by atoms with E-state index in [0.717, 1.165) is 23.6 Å². The molecule has 1 aromatic rings. The maximum atomic E-state index is 6.11. The molecule has 0 amide bonds. The van der Waals surface area contributed by atoms with Gasteiger partial charge in [0.2, 0.25) is 0 Å². The molecular formula is C12H15ClN2OS. The zero-order valence-electron chi connectivity index (χ0n) is 9.65. The van der Waals surface area contributed by atoms with Crippen LogP contribution in [0, 0.1) is 6.92 Å². The van der Waals surface area contributed by atoms with Crippen LogP contribution in [0.5, 0.6) is 0 Å². The van der Waals surface area contributed by atoms with Gasteiger partial charge in [-0.2, -0.15) is 0 Å². The van der Waals surface area contributed by atoms with Crippen molar-refractivity contribution < 1.29 is 4.74 Å². The number of amidine groups is 1. The summed E-state index contributed by atoms with van der Waals surface area (Å²) in [5, 5.41) is 0.774. The van der Waals surface area contributed by atoms with E-state index in [1.807, 2.05) is 25.1 Å². The molecular weight excluding hydrogens is 256 g/mol. The molecule has 0 spiro atoms. The van der Waals surface area contributed by atoms with Crippen LogP contribution >= 0.6 is 23.4 Å². The van der Waals surface area contributed by atoms with Crippen LogP contribution in [-0.4, -0.2) is 30.1 Å². The number of nitrogens with two attached hydrogens (primary N) is 1. The Morgan fingerprint density at radius 1 is 1.59 bits per heavy atom. The first-order valence-corrected chi connectivity index (χ1v) is 6.89. The third-order valence-electron chi connectivity index (χ3n) is 2.50. The van der Waals surface area contributed by atoms with E-state index in [-0.39, 0.29) is 5.25 Å². The number of ether oxygens (including phenoxy) is 1. The van der Waals surface area contributed by atoms with Crippen LogP contribution in [0.4, 0.5) is 5.69 Å². The fraction of sp³-hybridized carbons (Fsp3) is 0.417. The first-order chi connectivity index (χ1) is 8.16. The quantitative estimate of drug-likeness (QED) is 0.664. The lowest BCUT2D eigenvalue weighted by Crippen LogP contribution is -2.34. The van der Waals surface area contributed by atoms with Crippen molar-refractivity contribution >= 4 is 34.9 Å². The molecule has 1 unspecified atom stereocenters. The topological polar surface area (TPSA) is 47.6 Å². The molecule has 0 aromatic heterocycles. The average molecular weight is 271 g/mol. The highest BCUT2D eigenvalue weighted by atomic mass is 35.5. The van der Waals surface area contributed by atoms with Crippen molar-refractivity contribution in [3.05, 3.63) is 28.8 Å². The summed E-state index contributed by atoms with van der Waals surface area (Å²) in [6.07, 6.45) is 0. The molecule has 17 heavy (non-hydrogen) atoms. The Morgan fingerprint density at radius 2 is 2.41 bits per heavy atom. The monoisotopic (exact) mass is 270 g/mol. The highest BCUT2D eigenvalue weighted by Gasteiger charge is 2.18. The molecule has 1 saturated heterocycles. The Balaban J connectivity index is 2.16. The van der Waals surface area contributed by atoms with E-state index in [9.17, 15) is 0 Å². The van der Waals surface area contributed by atoms with Gasteiger partial charge in [-0.3, -0.25) is 0 Å². The van der Waals surface area contributed by atoms with Crippen molar-refractivity contribution in [2.24, 2.45) is 10.7 Å². The van der Waals surface area contributed by atoms with E-state index < -0.39 is 0 Å². The maximum Gasteiger partial charge on any atom is 0.115 e. The van der Waals surface area contributed by atoms with E-state index in [1.54, 1.807) is 11.8 Å². The van der Waals surface area contributed by atoms with E-state index in [0.29, 0.717) is 17.5 Å². The van der Waals surface area contributed by atoms with E-state index >= 15 is 0 Å². The Labute approximate surface area is 110 Å². The minimum atomic E-state index is 0.140. The molecule has 2 rings (SSSR count). The van der Waals surface area contributed by atoms with Crippen molar-refractivity contribution in [3.63, 3.8) is 0 Å². The van der Waals surface area contributed by atoms with Gasteiger partial charge < -0.3 is 10.5 Å². The number of aryl methyl sites for hydroxylation is 1. The normalized spacial score (nSPS) is 21.5. The van der Waals surface area contributed by atoms with Crippen LogP contribution in [0.1, 0.15) is 5.56 Å². The minimum absolute atomic E-state index is 0.140. The Bertz CT molecular complexity index is 431. The molecule has 0 aliphatic carbocycles. The summed E-state index contributed by atoms with van der Waals surface area (Å²) < 4.78 is 5.38. The average Bonchev–Trinajstić information content (AvgIpc) is 2.34. The number of rotatable bonds is 2. The molecule has 1 aliphatic rings. The van der Waals surface area contributed by atoms with Crippen LogP contribution in [0.3, 0.4) is 0 Å². The van der Waals surface area contributed by atoms with Gasteiger partial charge in [0, 0.05) is 5.75 Å². The van der Waals surface area contributed by atoms with Crippen LogP contribution in [-0.2, 0) is 4.74 Å². The van der Waals surface area contributed by atoms with Crippen molar-refractivity contribution in [1.29, 1.82) is 0 Å². The van der Waals surface area contributed by atoms with Gasteiger partial charge in [0.15, 0.2) is 0 Å². The summed E-state index contributed by atoms with van der Waals surface area (Å²) in [6.45, 7) is 3.41. The minimum Gasteiger partial charge on any atom is -0.386 e. The fourth-order valence-electron chi connectivity index (χ4n) is 1.57. The van der Waals surface area contributed by atoms with Crippen molar-refractivity contribution in [3.8, 4) is 0 Å². The number of halogens is 1. The highest BCUT2D eigenvalue weighted by molar-refractivity contribution is 8.00. The van der Waals surface area contributed by atoms with E-state index in [1.165, 1.54) is 0 Å². The number of benzene rings is 1. The lowest BCUT2D eigenvalue weighted by Gasteiger charge is -2.21. The zero-order valence-corrected chi connectivity index (χ0v) is 11.2. The predicted octanol–water partition coefficient (Wildman–Crippen LogP) is 2.77. The lowest BCUT2D eigenvalue weighted by molar-refractivity contribution is 0.153. The standard InChI is InChI=1S/C12H15ClN2OS/c1-8-2-3-10(9(13)6-8)15-12(14)11-7-16-4-5-17-11/h2-3,6,11H,4-5,7H2,1H3,(H2,14,15). The van der Waals surface area contributed by atoms with Crippen LogP contribution < -0.4 is 5.73 Å². The van der Waals surface area contributed by atoms with Crippen LogP contribution in [0.2, 0.25) is 5.02 Å². The summed E-state index contributed by atoms with van der Waals surface area (Å²) in [6, 6.07) is 5.75. The van der Waals surface area contributed by atoms with Crippen molar-refractivity contribution in [2.75, 3.05) is 19.0 Å². The fourth-order valence-corrected chi connectivity index (χ4v) is 2.76.